The number of esters is 1. The highest BCUT2D eigenvalue weighted by molar-refractivity contribution is 5.89. The van der Waals surface area contributed by atoms with Gasteiger partial charge >= 0.3 is 5.97 Å². The van der Waals surface area contributed by atoms with Crippen LogP contribution in [0.25, 0.3) is 0 Å². The minimum Gasteiger partial charge on any atom is -0.456 e. The van der Waals surface area contributed by atoms with Crippen molar-refractivity contribution in [2.24, 2.45) is 0 Å². The van der Waals surface area contributed by atoms with E-state index in [1.165, 1.54) is 0 Å². The van der Waals surface area contributed by atoms with Crippen LogP contribution in [0, 0.1) is 0 Å². The zero-order chi connectivity index (χ0) is 15.3. The number of rotatable bonds is 5. The van der Waals surface area contributed by atoms with Crippen LogP contribution in [0.1, 0.15) is 43.6 Å². The number of carbonyl (C=O) groups excluding carboxylic acids is 1. The van der Waals surface area contributed by atoms with E-state index in [1.54, 1.807) is 12.1 Å². The zero-order valence-corrected chi connectivity index (χ0v) is 13.0. The number of hydrogen-bond acceptors (Lipinski definition) is 4. The average Bonchev–Trinajstić information content (AvgIpc) is 2.36. The lowest BCUT2D eigenvalue weighted by Crippen LogP contribution is -2.31. The third kappa shape index (κ3) is 5.31. The van der Waals surface area contributed by atoms with E-state index >= 15 is 0 Å². The molecule has 1 aromatic carbocycles. The van der Waals surface area contributed by atoms with Crippen LogP contribution < -0.4 is 0 Å². The highest BCUT2D eigenvalue weighted by Gasteiger charge is 2.17. The molecule has 0 amide bonds. The molecule has 0 aromatic heterocycles. The molecule has 1 atom stereocenters. The molecular formula is C16H25NO3. The van der Waals surface area contributed by atoms with E-state index in [9.17, 15) is 4.79 Å². The molecule has 0 spiro atoms. The van der Waals surface area contributed by atoms with Gasteiger partial charge in [-0.15, -0.1) is 0 Å². The van der Waals surface area contributed by atoms with Gasteiger partial charge in [-0.3, -0.25) is 4.90 Å². The fourth-order valence-electron chi connectivity index (χ4n) is 1.67. The minimum atomic E-state index is -0.480. The van der Waals surface area contributed by atoms with E-state index < -0.39 is 5.60 Å². The van der Waals surface area contributed by atoms with Crippen molar-refractivity contribution in [3.05, 3.63) is 35.4 Å². The van der Waals surface area contributed by atoms with Gasteiger partial charge in [0.2, 0.25) is 0 Å². The van der Waals surface area contributed by atoms with Gasteiger partial charge in [0.25, 0.3) is 0 Å². The first kappa shape index (κ1) is 16.7. The van der Waals surface area contributed by atoms with Crippen LogP contribution in [0.4, 0.5) is 0 Å². The standard InChI is InChI=1S/C16H25NO3/c1-12(11-18)17(5)10-13-6-8-14(9-7-13)15(19)20-16(2,3)4/h6-9,12,18H,10-11H2,1-5H3. The van der Waals surface area contributed by atoms with Crippen LogP contribution in [-0.2, 0) is 11.3 Å². The van der Waals surface area contributed by atoms with Crippen LogP contribution in [0.3, 0.4) is 0 Å². The zero-order valence-electron chi connectivity index (χ0n) is 13.0. The molecule has 0 radical (unpaired) electrons. The van der Waals surface area contributed by atoms with Gasteiger partial charge in [-0.25, -0.2) is 4.79 Å². The lowest BCUT2D eigenvalue weighted by atomic mass is 10.1. The first-order chi connectivity index (χ1) is 9.23. The number of ether oxygens (including phenoxy) is 1. The van der Waals surface area contributed by atoms with Crippen molar-refractivity contribution < 1.29 is 14.6 Å². The molecule has 1 rings (SSSR count). The molecule has 1 N–H and O–H groups in total. The Labute approximate surface area is 121 Å². The summed E-state index contributed by atoms with van der Waals surface area (Å²) in [7, 11) is 1.96. The third-order valence-corrected chi connectivity index (χ3v) is 3.04. The number of carbonyl (C=O) groups is 1. The number of nitrogens with zero attached hydrogens (tertiary/aromatic N) is 1. The maximum Gasteiger partial charge on any atom is 0.338 e. The van der Waals surface area contributed by atoms with Crippen LogP contribution in [0.15, 0.2) is 24.3 Å². The topological polar surface area (TPSA) is 49.8 Å². The van der Waals surface area contributed by atoms with Crippen LogP contribution >= 0.6 is 0 Å². The van der Waals surface area contributed by atoms with Crippen molar-refractivity contribution in [2.75, 3.05) is 13.7 Å². The molecule has 0 aliphatic rings. The lowest BCUT2D eigenvalue weighted by Gasteiger charge is -2.23. The van der Waals surface area contributed by atoms with Gasteiger partial charge in [0.15, 0.2) is 0 Å². The monoisotopic (exact) mass is 279 g/mol. The first-order valence-corrected chi connectivity index (χ1v) is 6.86. The van der Waals surface area contributed by atoms with Crippen molar-refractivity contribution in [3.8, 4) is 0 Å². The molecule has 0 heterocycles. The number of benzene rings is 1. The lowest BCUT2D eigenvalue weighted by molar-refractivity contribution is 0.00695. The Morgan fingerprint density at radius 3 is 2.30 bits per heavy atom. The summed E-state index contributed by atoms with van der Waals surface area (Å²) >= 11 is 0. The van der Waals surface area contributed by atoms with Gasteiger partial charge in [-0.05, 0) is 52.4 Å². The highest BCUT2D eigenvalue weighted by atomic mass is 16.6. The molecule has 112 valence electrons. The summed E-state index contributed by atoms with van der Waals surface area (Å²) in [5.41, 5.74) is 1.17. The van der Waals surface area contributed by atoms with Crippen LogP contribution in [-0.4, -0.2) is 41.3 Å². The molecule has 0 fully saturated rings. The quantitative estimate of drug-likeness (QED) is 0.841. The van der Waals surface area contributed by atoms with Gasteiger partial charge in [0.05, 0.1) is 12.2 Å². The van der Waals surface area contributed by atoms with E-state index in [0.717, 1.165) is 12.1 Å². The fourth-order valence-corrected chi connectivity index (χ4v) is 1.67. The van der Waals surface area contributed by atoms with Gasteiger partial charge in [-0.1, -0.05) is 12.1 Å². The van der Waals surface area contributed by atoms with Crippen LogP contribution in [0.2, 0.25) is 0 Å². The second kappa shape index (κ2) is 6.86. The van der Waals surface area contributed by atoms with Crippen molar-refractivity contribution in [3.63, 3.8) is 0 Å². The van der Waals surface area contributed by atoms with Gasteiger partial charge in [0.1, 0.15) is 5.60 Å². The molecule has 4 heteroatoms. The van der Waals surface area contributed by atoms with E-state index in [1.807, 2.05) is 46.9 Å². The largest absolute Gasteiger partial charge is 0.456 e. The second-order valence-electron chi connectivity index (χ2n) is 6.15. The molecular weight excluding hydrogens is 254 g/mol. The summed E-state index contributed by atoms with van der Waals surface area (Å²) in [6, 6.07) is 7.50. The number of aliphatic hydroxyl groups is 1. The summed E-state index contributed by atoms with van der Waals surface area (Å²) in [5, 5.41) is 9.11. The third-order valence-electron chi connectivity index (χ3n) is 3.04. The molecule has 0 bridgehead atoms. The Morgan fingerprint density at radius 1 is 1.30 bits per heavy atom. The normalized spacial score (nSPS) is 13.3. The van der Waals surface area contributed by atoms with E-state index in [2.05, 4.69) is 4.90 Å². The van der Waals surface area contributed by atoms with Crippen molar-refractivity contribution in [1.29, 1.82) is 0 Å². The van der Waals surface area contributed by atoms with Gasteiger partial charge < -0.3 is 9.84 Å². The Hall–Kier alpha value is -1.39. The maximum absolute atomic E-state index is 11.9. The highest BCUT2D eigenvalue weighted by Crippen LogP contribution is 2.14. The Kier molecular flexibility index (Phi) is 5.72. The molecule has 4 nitrogen and oxygen atoms in total. The second-order valence-corrected chi connectivity index (χ2v) is 6.15. The number of likely N-dealkylation sites (N-methyl/N-ethyl adjacent to an activating group) is 1. The number of hydrogen-bond donors (Lipinski definition) is 1. The molecule has 0 saturated heterocycles. The van der Waals surface area contributed by atoms with E-state index in [4.69, 9.17) is 9.84 Å². The molecule has 1 aromatic rings. The predicted molar refractivity (Wildman–Crippen MR) is 79.6 cm³/mol. The molecule has 20 heavy (non-hydrogen) atoms. The summed E-state index contributed by atoms with van der Waals surface area (Å²) in [6.07, 6.45) is 0. The molecule has 1 unspecified atom stereocenters. The Morgan fingerprint density at radius 2 is 1.85 bits per heavy atom. The molecule has 0 saturated carbocycles. The minimum absolute atomic E-state index is 0.112. The van der Waals surface area contributed by atoms with Crippen molar-refractivity contribution in [1.82, 2.24) is 4.90 Å². The predicted octanol–water partition coefficient (Wildman–Crippen LogP) is 2.45. The summed E-state index contributed by atoms with van der Waals surface area (Å²) in [5.74, 6) is -0.305. The summed E-state index contributed by atoms with van der Waals surface area (Å²) < 4.78 is 5.32. The first-order valence-electron chi connectivity index (χ1n) is 6.86. The maximum atomic E-state index is 11.9. The molecule has 0 aliphatic carbocycles. The van der Waals surface area contributed by atoms with Crippen molar-refractivity contribution in [2.45, 2.75) is 45.9 Å². The number of aliphatic hydroxyl groups excluding tert-OH is 1. The molecule has 0 aliphatic heterocycles. The van der Waals surface area contributed by atoms with Gasteiger partial charge in [0, 0.05) is 12.6 Å². The smallest absolute Gasteiger partial charge is 0.338 e. The van der Waals surface area contributed by atoms with Crippen molar-refractivity contribution >= 4 is 5.97 Å². The van der Waals surface area contributed by atoms with Crippen LogP contribution in [0.5, 0.6) is 0 Å². The SMILES string of the molecule is CC(CO)N(C)Cc1ccc(C(=O)OC(C)(C)C)cc1. The summed E-state index contributed by atoms with van der Waals surface area (Å²) in [6.45, 7) is 8.39. The Bertz CT molecular complexity index is 434. The fraction of sp³-hybridized carbons (Fsp3) is 0.562. The van der Waals surface area contributed by atoms with E-state index in [-0.39, 0.29) is 18.6 Å². The van der Waals surface area contributed by atoms with Gasteiger partial charge in [-0.2, -0.15) is 0 Å². The van der Waals surface area contributed by atoms with E-state index in [0.29, 0.717) is 5.56 Å². The average molecular weight is 279 g/mol. The Balaban J connectivity index is 2.67. The summed E-state index contributed by atoms with van der Waals surface area (Å²) in [4.78, 5) is 13.9.